The van der Waals surface area contributed by atoms with Crippen LogP contribution in [0.3, 0.4) is 0 Å². The molecule has 2 unspecified atom stereocenters. The first-order valence-corrected chi connectivity index (χ1v) is 6.38. The third-order valence-electron chi connectivity index (χ3n) is 3.22. The van der Waals surface area contributed by atoms with E-state index in [1.807, 2.05) is 0 Å². The van der Waals surface area contributed by atoms with Gasteiger partial charge in [0.2, 0.25) is 5.91 Å². The predicted octanol–water partition coefficient (Wildman–Crippen LogP) is 0.572. The van der Waals surface area contributed by atoms with Gasteiger partial charge in [-0.15, -0.1) is 0 Å². The summed E-state index contributed by atoms with van der Waals surface area (Å²) in [5.74, 6) is 0.694. The monoisotopic (exact) mass is 227 g/mol. The molecule has 94 valence electrons. The third-order valence-corrected chi connectivity index (χ3v) is 3.22. The van der Waals surface area contributed by atoms with Crippen molar-refractivity contribution < 1.29 is 4.79 Å². The molecule has 1 fully saturated rings. The Morgan fingerprint density at radius 1 is 1.62 bits per heavy atom. The predicted molar refractivity (Wildman–Crippen MR) is 66.1 cm³/mol. The van der Waals surface area contributed by atoms with Crippen molar-refractivity contribution in [3.63, 3.8) is 0 Å². The number of hydrogen-bond donors (Lipinski definition) is 2. The van der Waals surface area contributed by atoms with Crippen LogP contribution in [-0.2, 0) is 4.79 Å². The molecule has 1 heterocycles. The normalized spacial score (nSPS) is 24.1. The van der Waals surface area contributed by atoms with E-state index in [1.165, 1.54) is 6.42 Å². The topological polar surface area (TPSA) is 58.4 Å². The van der Waals surface area contributed by atoms with Gasteiger partial charge in [0.05, 0.1) is 6.54 Å². The summed E-state index contributed by atoms with van der Waals surface area (Å²) in [6.45, 7) is 7.44. The van der Waals surface area contributed by atoms with E-state index in [1.54, 1.807) is 0 Å². The van der Waals surface area contributed by atoms with Gasteiger partial charge in [0.15, 0.2) is 0 Å². The number of carbonyl (C=O) groups excluding carboxylic acids is 1. The number of nitrogens with zero attached hydrogens (tertiary/aromatic N) is 1. The quantitative estimate of drug-likeness (QED) is 0.722. The van der Waals surface area contributed by atoms with Crippen LogP contribution in [0.15, 0.2) is 0 Å². The maximum absolute atomic E-state index is 11.6. The first kappa shape index (κ1) is 13.5. The second kappa shape index (κ2) is 6.86. The van der Waals surface area contributed by atoms with Gasteiger partial charge in [0.25, 0.3) is 0 Å². The Labute approximate surface area is 98.6 Å². The van der Waals surface area contributed by atoms with E-state index >= 15 is 0 Å². The molecule has 1 rings (SSSR count). The van der Waals surface area contributed by atoms with E-state index in [2.05, 4.69) is 24.1 Å². The van der Waals surface area contributed by atoms with Crippen molar-refractivity contribution in [3.05, 3.63) is 0 Å². The molecule has 1 amide bonds. The Kier molecular flexibility index (Phi) is 5.77. The summed E-state index contributed by atoms with van der Waals surface area (Å²) < 4.78 is 0. The number of piperidine rings is 1. The van der Waals surface area contributed by atoms with Crippen molar-refractivity contribution in [2.24, 2.45) is 11.7 Å². The Hall–Kier alpha value is -0.610. The zero-order chi connectivity index (χ0) is 12.0. The fraction of sp³-hybridized carbons (Fsp3) is 0.917. The van der Waals surface area contributed by atoms with Crippen molar-refractivity contribution in [3.8, 4) is 0 Å². The lowest BCUT2D eigenvalue weighted by atomic mass is 9.92. The van der Waals surface area contributed by atoms with Gasteiger partial charge in [-0.05, 0) is 38.6 Å². The molecule has 4 heteroatoms. The van der Waals surface area contributed by atoms with Crippen molar-refractivity contribution >= 4 is 5.91 Å². The first-order valence-electron chi connectivity index (χ1n) is 6.38. The van der Waals surface area contributed by atoms with E-state index < -0.39 is 0 Å². The molecule has 1 aliphatic rings. The average molecular weight is 227 g/mol. The van der Waals surface area contributed by atoms with Crippen LogP contribution in [0.1, 0.15) is 33.1 Å². The molecular weight excluding hydrogens is 202 g/mol. The van der Waals surface area contributed by atoms with Gasteiger partial charge in [0.1, 0.15) is 0 Å². The summed E-state index contributed by atoms with van der Waals surface area (Å²) in [7, 11) is 0. The SMILES string of the molecule is CCCNC(=O)CN1CCCC(C(C)N)C1. The van der Waals surface area contributed by atoms with Gasteiger partial charge in [-0.2, -0.15) is 0 Å². The molecular formula is C12H25N3O. The van der Waals surface area contributed by atoms with Gasteiger partial charge in [-0.3, -0.25) is 9.69 Å². The molecule has 0 aromatic rings. The largest absolute Gasteiger partial charge is 0.355 e. The summed E-state index contributed by atoms with van der Waals surface area (Å²) in [4.78, 5) is 13.8. The van der Waals surface area contributed by atoms with Gasteiger partial charge in [-0.25, -0.2) is 0 Å². The van der Waals surface area contributed by atoms with Gasteiger partial charge < -0.3 is 11.1 Å². The van der Waals surface area contributed by atoms with Crippen LogP contribution in [0.4, 0.5) is 0 Å². The molecule has 2 atom stereocenters. The van der Waals surface area contributed by atoms with E-state index in [0.29, 0.717) is 12.5 Å². The highest BCUT2D eigenvalue weighted by Gasteiger charge is 2.23. The molecule has 0 radical (unpaired) electrons. The summed E-state index contributed by atoms with van der Waals surface area (Å²) in [6, 6.07) is 0.238. The van der Waals surface area contributed by atoms with Crippen LogP contribution >= 0.6 is 0 Å². The molecule has 1 aliphatic heterocycles. The van der Waals surface area contributed by atoms with Crippen LogP contribution in [0.2, 0.25) is 0 Å². The minimum Gasteiger partial charge on any atom is -0.355 e. The number of carbonyl (C=O) groups is 1. The van der Waals surface area contributed by atoms with Crippen LogP contribution in [-0.4, -0.2) is 43.0 Å². The second-order valence-corrected chi connectivity index (χ2v) is 4.85. The fourth-order valence-electron chi connectivity index (χ4n) is 2.19. The minimum atomic E-state index is 0.146. The standard InChI is InChI=1S/C12H25N3O/c1-3-6-14-12(16)9-15-7-4-5-11(8-15)10(2)13/h10-11H,3-9,13H2,1-2H3,(H,14,16). The molecule has 0 aliphatic carbocycles. The zero-order valence-electron chi connectivity index (χ0n) is 10.5. The molecule has 0 bridgehead atoms. The van der Waals surface area contributed by atoms with Crippen molar-refractivity contribution in [1.29, 1.82) is 0 Å². The highest BCUT2D eigenvalue weighted by Crippen LogP contribution is 2.18. The van der Waals surface area contributed by atoms with E-state index in [0.717, 1.165) is 32.5 Å². The number of hydrogen-bond acceptors (Lipinski definition) is 3. The van der Waals surface area contributed by atoms with Crippen LogP contribution in [0.5, 0.6) is 0 Å². The highest BCUT2D eigenvalue weighted by atomic mass is 16.2. The maximum atomic E-state index is 11.6. The second-order valence-electron chi connectivity index (χ2n) is 4.85. The molecule has 1 saturated heterocycles. The maximum Gasteiger partial charge on any atom is 0.234 e. The highest BCUT2D eigenvalue weighted by molar-refractivity contribution is 5.77. The lowest BCUT2D eigenvalue weighted by molar-refractivity contribution is -0.122. The Morgan fingerprint density at radius 2 is 2.38 bits per heavy atom. The fourth-order valence-corrected chi connectivity index (χ4v) is 2.19. The van der Waals surface area contributed by atoms with Crippen molar-refractivity contribution in [2.75, 3.05) is 26.2 Å². The molecule has 16 heavy (non-hydrogen) atoms. The lowest BCUT2D eigenvalue weighted by Gasteiger charge is -2.34. The number of likely N-dealkylation sites (tertiary alicyclic amines) is 1. The van der Waals surface area contributed by atoms with E-state index in [4.69, 9.17) is 5.73 Å². The van der Waals surface area contributed by atoms with Crippen molar-refractivity contribution in [2.45, 2.75) is 39.2 Å². The molecule has 3 N–H and O–H groups in total. The van der Waals surface area contributed by atoms with E-state index in [9.17, 15) is 4.79 Å². The smallest absolute Gasteiger partial charge is 0.234 e. The molecule has 4 nitrogen and oxygen atoms in total. The minimum absolute atomic E-state index is 0.146. The van der Waals surface area contributed by atoms with Crippen molar-refractivity contribution in [1.82, 2.24) is 10.2 Å². The summed E-state index contributed by atoms with van der Waals surface area (Å²) >= 11 is 0. The lowest BCUT2D eigenvalue weighted by Crippen LogP contribution is -2.46. The molecule has 0 aromatic heterocycles. The number of rotatable bonds is 5. The van der Waals surface area contributed by atoms with Crippen LogP contribution < -0.4 is 11.1 Å². The summed E-state index contributed by atoms with van der Waals surface area (Å²) in [5, 5.41) is 2.91. The molecule has 0 spiro atoms. The molecule has 0 aromatic carbocycles. The number of amides is 1. The average Bonchev–Trinajstić information content (AvgIpc) is 2.26. The Bertz CT molecular complexity index is 218. The van der Waals surface area contributed by atoms with E-state index in [-0.39, 0.29) is 11.9 Å². The van der Waals surface area contributed by atoms with Gasteiger partial charge in [-0.1, -0.05) is 6.92 Å². The van der Waals surface area contributed by atoms with Crippen LogP contribution in [0, 0.1) is 5.92 Å². The third kappa shape index (κ3) is 4.49. The first-order chi connectivity index (χ1) is 7.63. The number of nitrogens with one attached hydrogen (secondary N) is 1. The Balaban J connectivity index is 2.28. The number of nitrogens with two attached hydrogens (primary N) is 1. The molecule has 0 saturated carbocycles. The van der Waals surface area contributed by atoms with Crippen LogP contribution in [0.25, 0.3) is 0 Å². The summed E-state index contributed by atoms with van der Waals surface area (Å²) in [5.41, 5.74) is 5.91. The summed E-state index contributed by atoms with van der Waals surface area (Å²) in [6.07, 6.45) is 3.35. The van der Waals surface area contributed by atoms with Gasteiger partial charge in [0, 0.05) is 19.1 Å². The Morgan fingerprint density at radius 3 is 3.00 bits per heavy atom. The zero-order valence-corrected chi connectivity index (χ0v) is 10.5. The van der Waals surface area contributed by atoms with Gasteiger partial charge >= 0.3 is 0 Å².